The number of carbonyl (C=O) groups is 6. The highest BCUT2D eigenvalue weighted by molar-refractivity contribution is 6.33. The summed E-state index contributed by atoms with van der Waals surface area (Å²) in [5, 5.41) is 74.5. The Morgan fingerprint density at radius 3 is 2.34 bits per heavy atom. The number of hydrogen-bond acceptors (Lipinski definition) is 12. The smallest absolute Gasteiger partial charge is 0.340 e. The van der Waals surface area contributed by atoms with Crippen molar-refractivity contribution in [3.05, 3.63) is 104 Å². The number of hydrogen-bond donors (Lipinski definition) is 7. The monoisotopic (exact) mass is 848 g/mol. The predicted molar refractivity (Wildman–Crippen MR) is 215 cm³/mol. The number of allylic oxidation sites excluding steroid dienone is 6. The highest BCUT2D eigenvalue weighted by atomic mass is 16.7. The van der Waals surface area contributed by atoms with Crippen molar-refractivity contribution in [2.24, 2.45) is 23.7 Å². The fraction of sp³-hybridized carbons (Fsp3) is 0.348. The molecule has 5 aliphatic carbocycles. The van der Waals surface area contributed by atoms with Crippen LogP contribution in [-0.2, 0) is 28.7 Å². The second-order valence-corrected chi connectivity index (χ2v) is 16.6. The van der Waals surface area contributed by atoms with Gasteiger partial charge in [0.25, 0.3) is 6.29 Å². The van der Waals surface area contributed by atoms with Gasteiger partial charge in [0, 0.05) is 45.4 Å². The molecule has 8 atom stereocenters. The first-order chi connectivity index (χ1) is 29.6. The zero-order valence-corrected chi connectivity index (χ0v) is 33.0. The molecule has 7 aliphatic rings. The van der Waals surface area contributed by atoms with E-state index in [1.54, 1.807) is 6.08 Å². The molecule has 7 N–H and O–H groups in total. The van der Waals surface area contributed by atoms with Gasteiger partial charge in [-0.1, -0.05) is 19.1 Å². The van der Waals surface area contributed by atoms with Gasteiger partial charge in [0.05, 0.1) is 17.8 Å². The maximum absolute atomic E-state index is 15.2. The highest BCUT2D eigenvalue weighted by Gasteiger charge is 2.50. The number of aliphatic hydroxyl groups excluding tert-OH is 3. The van der Waals surface area contributed by atoms with Gasteiger partial charge in [-0.25, -0.2) is 14.4 Å². The molecule has 0 bridgehead atoms. The molecule has 16 nitrogen and oxygen atoms in total. The number of carbonyl (C=O) groups excluding carboxylic acids is 2. The van der Waals surface area contributed by atoms with Gasteiger partial charge in [0.15, 0.2) is 17.7 Å². The maximum atomic E-state index is 15.2. The van der Waals surface area contributed by atoms with Crippen molar-refractivity contribution in [3.8, 4) is 5.75 Å². The maximum Gasteiger partial charge on any atom is 0.340 e. The van der Waals surface area contributed by atoms with Crippen molar-refractivity contribution < 1.29 is 78.7 Å². The molecule has 2 aromatic rings. The molecule has 9 rings (SSSR count). The SMILES string of the molecule is CC1CCC(C(=O)c2cc3c4c5c(c(C(=O)O)c6c4c2C=CO6)C(C(=O)O)=C(OC2OC(CO)=CC(O)C2O)C2=CC(C(=O)O)=CC(=C3C(=O)C3C=CCCC3)C25)CC1C(=O)O. The van der Waals surface area contributed by atoms with Gasteiger partial charge in [-0.05, 0) is 102 Å². The van der Waals surface area contributed by atoms with Crippen molar-refractivity contribution in [1.29, 1.82) is 0 Å². The lowest BCUT2D eigenvalue weighted by Gasteiger charge is -2.42. The molecule has 8 unspecified atom stereocenters. The summed E-state index contributed by atoms with van der Waals surface area (Å²) in [5.74, 6) is -11.9. The van der Waals surface area contributed by atoms with E-state index in [4.69, 9.17) is 14.2 Å². The third-order valence-corrected chi connectivity index (χ3v) is 13.2. The number of Topliss-reactive ketones (excluding diaryl/α,β-unsaturated/α-hetero) is 2. The summed E-state index contributed by atoms with van der Waals surface area (Å²) in [6, 6.07) is 1.50. The van der Waals surface area contributed by atoms with E-state index in [2.05, 4.69) is 0 Å². The fourth-order valence-electron chi connectivity index (χ4n) is 10.3. The topological polar surface area (TPSA) is 272 Å². The van der Waals surface area contributed by atoms with Gasteiger partial charge in [-0.15, -0.1) is 0 Å². The predicted octanol–water partition coefficient (Wildman–Crippen LogP) is 4.73. The molecule has 0 aromatic heterocycles. The molecule has 0 amide bonds. The van der Waals surface area contributed by atoms with E-state index in [0.29, 0.717) is 32.1 Å². The van der Waals surface area contributed by atoms with Gasteiger partial charge in [0.1, 0.15) is 41.1 Å². The Morgan fingerprint density at radius 1 is 0.903 bits per heavy atom. The number of carboxylic acids is 4. The lowest BCUT2D eigenvalue weighted by atomic mass is 9.62. The molecular weight excluding hydrogens is 808 g/mol. The Bertz CT molecular complexity index is 2690. The van der Waals surface area contributed by atoms with Crippen LogP contribution in [0.2, 0.25) is 0 Å². The molecule has 16 heteroatoms. The number of aliphatic hydroxyl groups is 3. The van der Waals surface area contributed by atoms with Crippen LogP contribution in [0.1, 0.15) is 94.3 Å². The zero-order chi connectivity index (χ0) is 44.0. The van der Waals surface area contributed by atoms with Gasteiger partial charge in [-0.3, -0.25) is 14.4 Å². The lowest BCUT2D eigenvalue weighted by Crippen LogP contribution is -2.44. The zero-order valence-electron chi connectivity index (χ0n) is 33.0. The first-order valence-corrected chi connectivity index (χ1v) is 20.3. The van der Waals surface area contributed by atoms with Crippen LogP contribution in [0, 0.1) is 23.7 Å². The minimum absolute atomic E-state index is 0.00722. The summed E-state index contributed by atoms with van der Waals surface area (Å²) in [4.78, 5) is 82.7. The van der Waals surface area contributed by atoms with E-state index >= 15 is 4.79 Å². The second-order valence-electron chi connectivity index (χ2n) is 16.6. The number of rotatable bonds is 11. The summed E-state index contributed by atoms with van der Waals surface area (Å²) in [5.41, 5.74) is -2.00. The molecule has 0 radical (unpaired) electrons. The minimum Gasteiger partial charge on any atom is -0.481 e. The van der Waals surface area contributed by atoms with Crippen molar-refractivity contribution >= 4 is 63.4 Å². The molecule has 1 saturated carbocycles. The third kappa shape index (κ3) is 6.15. The minimum atomic E-state index is -1.92. The first kappa shape index (κ1) is 40.8. The molecule has 2 heterocycles. The van der Waals surface area contributed by atoms with Crippen LogP contribution in [0.25, 0.3) is 28.0 Å². The number of carboxylic acid groups (broad SMARTS) is 4. The first-order valence-electron chi connectivity index (χ1n) is 20.3. The molecule has 62 heavy (non-hydrogen) atoms. The second kappa shape index (κ2) is 15.1. The van der Waals surface area contributed by atoms with E-state index in [1.807, 2.05) is 13.0 Å². The Labute approximate surface area is 351 Å². The molecule has 320 valence electrons. The fourth-order valence-corrected chi connectivity index (χ4v) is 10.3. The quantitative estimate of drug-likeness (QED) is 0.119. The van der Waals surface area contributed by atoms with Crippen LogP contribution in [0.5, 0.6) is 5.75 Å². The van der Waals surface area contributed by atoms with Crippen LogP contribution in [0.15, 0.2) is 70.9 Å². The van der Waals surface area contributed by atoms with Crippen LogP contribution in [0.4, 0.5) is 0 Å². The molecule has 1 fully saturated rings. The summed E-state index contributed by atoms with van der Waals surface area (Å²) < 4.78 is 17.7. The largest absolute Gasteiger partial charge is 0.481 e. The third-order valence-electron chi connectivity index (χ3n) is 13.2. The highest BCUT2D eigenvalue weighted by Crippen LogP contribution is 2.61. The Kier molecular flexibility index (Phi) is 9.91. The summed E-state index contributed by atoms with van der Waals surface area (Å²) in [6.07, 6.45) is 6.74. The van der Waals surface area contributed by atoms with Crippen LogP contribution >= 0.6 is 0 Å². The number of aromatic carboxylic acids is 1. The average Bonchev–Trinajstić information content (AvgIpc) is 3.25. The average molecular weight is 849 g/mol. The van der Waals surface area contributed by atoms with Gasteiger partial charge in [-0.2, -0.15) is 0 Å². The van der Waals surface area contributed by atoms with Gasteiger partial charge < -0.3 is 50.0 Å². The summed E-state index contributed by atoms with van der Waals surface area (Å²) >= 11 is 0. The summed E-state index contributed by atoms with van der Waals surface area (Å²) in [6.45, 7) is 1.05. The van der Waals surface area contributed by atoms with E-state index in [0.717, 1.165) is 18.4 Å². The number of ketones is 2. The number of ether oxygens (including phenoxy) is 3. The van der Waals surface area contributed by atoms with Crippen molar-refractivity contribution in [1.82, 2.24) is 0 Å². The van der Waals surface area contributed by atoms with Crippen molar-refractivity contribution in [3.63, 3.8) is 0 Å². The molecule has 0 saturated heterocycles. The Balaban J connectivity index is 1.41. The Hall–Kier alpha value is -6.62. The van der Waals surface area contributed by atoms with Crippen molar-refractivity contribution in [2.45, 2.75) is 69.9 Å². The number of benzene rings is 2. The van der Waals surface area contributed by atoms with Crippen LogP contribution in [0.3, 0.4) is 0 Å². The molecule has 2 aliphatic heterocycles. The number of aliphatic carboxylic acids is 3. The normalized spacial score (nSPS) is 28.0. The van der Waals surface area contributed by atoms with E-state index < -0.39 is 112 Å². The van der Waals surface area contributed by atoms with Crippen LogP contribution in [-0.4, -0.2) is 96.3 Å². The van der Waals surface area contributed by atoms with Crippen LogP contribution < -0.4 is 4.74 Å². The Morgan fingerprint density at radius 2 is 1.68 bits per heavy atom. The van der Waals surface area contributed by atoms with Crippen molar-refractivity contribution in [2.75, 3.05) is 6.61 Å². The molecule has 0 spiro atoms. The van der Waals surface area contributed by atoms with Gasteiger partial charge >= 0.3 is 23.9 Å². The molecular formula is C46H40O16. The summed E-state index contributed by atoms with van der Waals surface area (Å²) in [7, 11) is 0. The van der Waals surface area contributed by atoms with E-state index in [-0.39, 0.29) is 73.6 Å². The van der Waals surface area contributed by atoms with E-state index in [9.17, 15) is 59.7 Å². The van der Waals surface area contributed by atoms with E-state index in [1.165, 1.54) is 18.2 Å². The standard InChI is InChI=1S/C46H40O16/c1-17-7-8-19(11-23(17)43(54)55)37(49)24-15-26-30(38(50)18-5-3-2-4-6-18)25-12-20(42(52)53)13-27-29(25)33-31(26)32-22(24)9-10-60-41(32)36(45(58)59)34(33)35(44(56)57)40(27)62-46-39(51)28(48)14-21(16-47)61-46/h3,5,9-10,12-15,17-19,23,28-29,39,46-48,51H,2,4,6-8,11,16H2,1H3,(H,52,53)(H,54,55)(H,56,57)(H,58,59). The van der Waals surface area contributed by atoms with Gasteiger partial charge in [0.2, 0.25) is 0 Å². The lowest BCUT2D eigenvalue weighted by molar-refractivity contribution is -0.186. The molecule has 2 aromatic carbocycles.